The van der Waals surface area contributed by atoms with Crippen LogP contribution in [0.25, 0.3) is 0 Å². The SMILES string of the molecule is CCNC(=NCC(C(=O)N1CCOCC1)c1ccccc1)NCCCOCC1CC1.I. The Bertz CT molecular complexity index is 664. The zero-order chi connectivity index (χ0) is 21.0. The maximum absolute atomic E-state index is 13.2. The van der Waals surface area contributed by atoms with Gasteiger partial charge < -0.3 is 25.0 Å². The van der Waals surface area contributed by atoms with Crippen LogP contribution in [0.15, 0.2) is 35.3 Å². The Morgan fingerprint density at radius 2 is 1.97 bits per heavy atom. The van der Waals surface area contributed by atoms with Crippen molar-refractivity contribution in [3.8, 4) is 0 Å². The molecule has 1 atom stereocenters. The second-order valence-corrected chi connectivity index (χ2v) is 7.92. The number of carbonyl (C=O) groups is 1. The molecule has 3 rings (SSSR count). The molecule has 1 aromatic carbocycles. The van der Waals surface area contributed by atoms with Gasteiger partial charge in [0, 0.05) is 39.4 Å². The van der Waals surface area contributed by atoms with Crippen molar-refractivity contribution in [3.05, 3.63) is 35.9 Å². The van der Waals surface area contributed by atoms with E-state index in [0.29, 0.717) is 32.8 Å². The Morgan fingerprint density at radius 3 is 2.65 bits per heavy atom. The second-order valence-electron chi connectivity index (χ2n) is 7.92. The smallest absolute Gasteiger partial charge is 0.232 e. The van der Waals surface area contributed by atoms with Crippen molar-refractivity contribution >= 4 is 35.8 Å². The first-order chi connectivity index (χ1) is 14.8. The lowest BCUT2D eigenvalue weighted by Gasteiger charge is -2.30. The highest BCUT2D eigenvalue weighted by molar-refractivity contribution is 14.0. The Balaban J connectivity index is 0.00000341. The summed E-state index contributed by atoms with van der Waals surface area (Å²) in [5.74, 6) is 1.38. The fourth-order valence-electron chi connectivity index (χ4n) is 3.46. The minimum Gasteiger partial charge on any atom is -0.381 e. The summed E-state index contributed by atoms with van der Waals surface area (Å²) in [6.45, 7) is 8.18. The summed E-state index contributed by atoms with van der Waals surface area (Å²) in [4.78, 5) is 19.8. The molecule has 1 aromatic rings. The van der Waals surface area contributed by atoms with Gasteiger partial charge in [-0.05, 0) is 37.7 Å². The number of rotatable bonds is 11. The van der Waals surface area contributed by atoms with Crippen molar-refractivity contribution in [2.24, 2.45) is 10.9 Å². The average Bonchev–Trinajstić information content (AvgIpc) is 3.62. The minimum atomic E-state index is -0.290. The molecule has 2 fully saturated rings. The Morgan fingerprint density at radius 1 is 1.23 bits per heavy atom. The number of aliphatic imine (C=N–C) groups is 1. The predicted octanol–water partition coefficient (Wildman–Crippen LogP) is 2.62. The first kappa shape index (κ1) is 25.9. The van der Waals surface area contributed by atoms with E-state index in [1.165, 1.54) is 12.8 Å². The molecule has 174 valence electrons. The van der Waals surface area contributed by atoms with Crippen molar-refractivity contribution in [1.82, 2.24) is 15.5 Å². The maximum Gasteiger partial charge on any atom is 0.232 e. The normalized spacial score (nSPS) is 17.6. The van der Waals surface area contributed by atoms with E-state index in [1.807, 2.05) is 42.2 Å². The number of ether oxygens (including phenoxy) is 2. The molecular formula is C23H37IN4O3. The standard InChI is InChI=1S/C23H36N4O3.HI/c1-2-24-23(25-11-6-14-30-18-19-9-10-19)26-17-21(20-7-4-3-5-8-20)22(28)27-12-15-29-16-13-27;/h3-5,7-8,19,21H,2,6,9-18H2,1H3,(H2,24,25,26);1H. The highest BCUT2D eigenvalue weighted by atomic mass is 127. The molecule has 7 nitrogen and oxygen atoms in total. The zero-order valence-corrected chi connectivity index (χ0v) is 20.9. The predicted molar refractivity (Wildman–Crippen MR) is 134 cm³/mol. The summed E-state index contributed by atoms with van der Waals surface area (Å²) in [6, 6.07) is 9.94. The Labute approximate surface area is 203 Å². The number of carbonyl (C=O) groups excluding carboxylic acids is 1. The number of amides is 1. The van der Waals surface area contributed by atoms with Crippen LogP contribution in [0.4, 0.5) is 0 Å². The van der Waals surface area contributed by atoms with Gasteiger partial charge in [-0.2, -0.15) is 0 Å². The fourth-order valence-corrected chi connectivity index (χ4v) is 3.46. The van der Waals surface area contributed by atoms with Crippen molar-refractivity contribution in [1.29, 1.82) is 0 Å². The molecule has 1 unspecified atom stereocenters. The van der Waals surface area contributed by atoms with Gasteiger partial charge in [0.2, 0.25) is 5.91 Å². The van der Waals surface area contributed by atoms with Crippen LogP contribution in [0.1, 0.15) is 37.7 Å². The lowest BCUT2D eigenvalue weighted by atomic mass is 9.97. The van der Waals surface area contributed by atoms with Crippen molar-refractivity contribution in [2.75, 3.05) is 59.2 Å². The number of hydrogen-bond donors (Lipinski definition) is 2. The highest BCUT2D eigenvalue weighted by Gasteiger charge is 2.27. The molecular weight excluding hydrogens is 507 g/mol. The summed E-state index contributed by atoms with van der Waals surface area (Å²) in [6.07, 6.45) is 3.58. The third-order valence-electron chi connectivity index (χ3n) is 5.41. The van der Waals surface area contributed by atoms with Crippen LogP contribution >= 0.6 is 24.0 Å². The third-order valence-corrected chi connectivity index (χ3v) is 5.41. The Kier molecular flexibility index (Phi) is 12.2. The van der Waals surface area contributed by atoms with E-state index in [4.69, 9.17) is 14.5 Å². The van der Waals surface area contributed by atoms with Gasteiger partial charge in [-0.3, -0.25) is 9.79 Å². The van der Waals surface area contributed by atoms with Gasteiger partial charge in [0.15, 0.2) is 5.96 Å². The van der Waals surface area contributed by atoms with Gasteiger partial charge in [-0.25, -0.2) is 0 Å². The van der Waals surface area contributed by atoms with E-state index in [0.717, 1.165) is 50.2 Å². The van der Waals surface area contributed by atoms with Crippen molar-refractivity contribution < 1.29 is 14.3 Å². The molecule has 8 heteroatoms. The van der Waals surface area contributed by atoms with E-state index in [2.05, 4.69) is 10.6 Å². The number of guanidine groups is 1. The van der Waals surface area contributed by atoms with Crippen molar-refractivity contribution in [2.45, 2.75) is 32.1 Å². The minimum absolute atomic E-state index is 0. The number of nitrogens with one attached hydrogen (secondary N) is 2. The molecule has 1 saturated heterocycles. The highest BCUT2D eigenvalue weighted by Crippen LogP contribution is 2.28. The van der Waals surface area contributed by atoms with Gasteiger partial charge in [-0.1, -0.05) is 30.3 Å². The molecule has 1 saturated carbocycles. The fraction of sp³-hybridized carbons (Fsp3) is 0.652. The number of morpholine rings is 1. The summed E-state index contributed by atoms with van der Waals surface area (Å²) in [5, 5.41) is 6.64. The molecule has 1 aliphatic heterocycles. The van der Waals surface area contributed by atoms with E-state index < -0.39 is 0 Å². The lowest BCUT2D eigenvalue weighted by Crippen LogP contribution is -2.44. The molecule has 1 heterocycles. The average molecular weight is 544 g/mol. The van der Waals surface area contributed by atoms with Crippen LogP contribution < -0.4 is 10.6 Å². The summed E-state index contributed by atoms with van der Waals surface area (Å²) < 4.78 is 11.1. The van der Waals surface area contributed by atoms with Crippen LogP contribution in [-0.4, -0.2) is 75.9 Å². The summed E-state index contributed by atoms with van der Waals surface area (Å²) in [7, 11) is 0. The number of nitrogens with zero attached hydrogens (tertiary/aromatic N) is 2. The van der Waals surface area contributed by atoms with Crippen LogP contribution in [0, 0.1) is 5.92 Å². The van der Waals surface area contributed by atoms with Gasteiger partial charge >= 0.3 is 0 Å². The summed E-state index contributed by atoms with van der Waals surface area (Å²) >= 11 is 0. The van der Waals surface area contributed by atoms with Crippen LogP contribution in [0.2, 0.25) is 0 Å². The van der Waals surface area contributed by atoms with Crippen LogP contribution in [-0.2, 0) is 14.3 Å². The third kappa shape index (κ3) is 9.33. The number of hydrogen-bond acceptors (Lipinski definition) is 4. The largest absolute Gasteiger partial charge is 0.381 e. The van der Waals surface area contributed by atoms with Gasteiger partial charge in [0.25, 0.3) is 0 Å². The van der Waals surface area contributed by atoms with Crippen molar-refractivity contribution in [3.63, 3.8) is 0 Å². The Hall–Kier alpha value is -1.39. The zero-order valence-electron chi connectivity index (χ0n) is 18.6. The molecule has 2 N–H and O–H groups in total. The number of benzene rings is 1. The molecule has 0 radical (unpaired) electrons. The maximum atomic E-state index is 13.2. The monoisotopic (exact) mass is 544 g/mol. The number of halogens is 1. The lowest BCUT2D eigenvalue weighted by molar-refractivity contribution is -0.136. The first-order valence-electron chi connectivity index (χ1n) is 11.3. The second kappa shape index (κ2) is 14.6. The van der Waals surface area contributed by atoms with E-state index in [-0.39, 0.29) is 35.8 Å². The van der Waals surface area contributed by atoms with Gasteiger partial charge in [0.1, 0.15) is 0 Å². The molecule has 1 amide bonds. The van der Waals surface area contributed by atoms with E-state index in [1.54, 1.807) is 0 Å². The van der Waals surface area contributed by atoms with E-state index in [9.17, 15) is 4.79 Å². The van der Waals surface area contributed by atoms with E-state index >= 15 is 0 Å². The summed E-state index contributed by atoms with van der Waals surface area (Å²) in [5.41, 5.74) is 1.00. The quantitative estimate of drug-likeness (QED) is 0.194. The molecule has 2 aliphatic rings. The van der Waals surface area contributed by atoms with Gasteiger partial charge in [-0.15, -0.1) is 24.0 Å². The topological polar surface area (TPSA) is 75.2 Å². The molecule has 0 aromatic heterocycles. The molecule has 1 aliphatic carbocycles. The van der Waals surface area contributed by atoms with Crippen LogP contribution in [0.5, 0.6) is 0 Å². The van der Waals surface area contributed by atoms with Gasteiger partial charge in [0.05, 0.1) is 25.7 Å². The molecule has 0 spiro atoms. The molecule has 31 heavy (non-hydrogen) atoms. The van der Waals surface area contributed by atoms with Crippen LogP contribution in [0.3, 0.4) is 0 Å². The molecule has 0 bridgehead atoms. The first-order valence-corrected chi connectivity index (χ1v) is 11.3.